The molecule has 1 fully saturated rings. The fourth-order valence-corrected chi connectivity index (χ4v) is 4.35. The van der Waals surface area contributed by atoms with Gasteiger partial charge in [-0.25, -0.2) is 14.9 Å². The standard InChI is InChI=1S/C17H18N6O2S/c1-10-14(26-16(18-10)11-4-2-3-5-11)15(24)19-12-6-8-13(9-7-12)23-17(25)20-21-22-23/h6-9,11H,2-5H2,1H3,(H,19,24)(H,20,22,25). The summed E-state index contributed by atoms with van der Waals surface area (Å²) in [5.74, 6) is 0.343. The van der Waals surface area contributed by atoms with E-state index in [-0.39, 0.29) is 5.91 Å². The van der Waals surface area contributed by atoms with Crippen molar-refractivity contribution >= 4 is 22.9 Å². The summed E-state index contributed by atoms with van der Waals surface area (Å²) in [6.07, 6.45) is 4.81. The van der Waals surface area contributed by atoms with Gasteiger partial charge in [-0.05, 0) is 54.5 Å². The molecule has 26 heavy (non-hydrogen) atoms. The highest BCUT2D eigenvalue weighted by atomic mass is 32.1. The Balaban J connectivity index is 1.49. The van der Waals surface area contributed by atoms with Crippen molar-refractivity contribution in [3.8, 4) is 5.69 Å². The van der Waals surface area contributed by atoms with Gasteiger partial charge in [0.15, 0.2) is 0 Å². The third kappa shape index (κ3) is 3.17. The van der Waals surface area contributed by atoms with Gasteiger partial charge in [-0.2, -0.15) is 4.68 Å². The zero-order valence-corrected chi connectivity index (χ0v) is 15.0. The van der Waals surface area contributed by atoms with Gasteiger partial charge >= 0.3 is 5.69 Å². The Hall–Kier alpha value is -2.81. The number of H-pyrrole nitrogens is 1. The van der Waals surface area contributed by atoms with Gasteiger partial charge in [0.2, 0.25) is 0 Å². The molecule has 1 aliphatic carbocycles. The topological polar surface area (TPSA) is 106 Å². The second-order valence-corrected chi connectivity index (χ2v) is 7.40. The molecule has 3 aromatic rings. The van der Waals surface area contributed by atoms with Crippen LogP contribution in [-0.4, -0.2) is 31.1 Å². The van der Waals surface area contributed by atoms with Gasteiger partial charge in [0.25, 0.3) is 5.91 Å². The van der Waals surface area contributed by atoms with E-state index in [1.807, 2.05) is 6.92 Å². The summed E-state index contributed by atoms with van der Waals surface area (Å²) < 4.78 is 1.15. The molecule has 0 saturated heterocycles. The molecule has 4 rings (SSSR count). The number of benzene rings is 1. The lowest BCUT2D eigenvalue weighted by molar-refractivity contribution is 0.103. The van der Waals surface area contributed by atoms with E-state index in [0.717, 1.165) is 28.2 Å². The highest BCUT2D eigenvalue weighted by Gasteiger charge is 2.23. The van der Waals surface area contributed by atoms with E-state index >= 15 is 0 Å². The Morgan fingerprint density at radius 3 is 2.65 bits per heavy atom. The van der Waals surface area contributed by atoms with Crippen LogP contribution in [0.1, 0.15) is 52.0 Å². The number of tetrazole rings is 1. The third-order valence-electron chi connectivity index (χ3n) is 4.57. The maximum Gasteiger partial charge on any atom is 0.365 e. The maximum absolute atomic E-state index is 12.6. The van der Waals surface area contributed by atoms with Crippen molar-refractivity contribution in [3.63, 3.8) is 0 Å². The van der Waals surface area contributed by atoms with Crippen molar-refractivity contribution in [2.75, 3.05) is 5.32 Å². The molecule has 9 heteroatoms. The van der Waals surface area contributed by atoms with E-state index in [4.69, 9.17) is 0 Å². The first kappa shape index (κ1) is 16.6. The summed E-state index contributed by atoms with van der Waals surface area (Å²) in [4.78, 5) is 29.4. The molecule has 8 nitrogen and oxygen atoms in total. The minimum atomic E-state index is -0.415. The van der Waals surface area contributed by atoms with Crippen LogP contribution in [0.15, 0.2) is 29.1 Å². The minimum Gasteiger partial charge on any atom is -0.321 e. The first-order valence-corrected chi connectivity index (χ1v) is 9.33. The average molecular weight is 370 g/mol. The highest BCUT2D eigenvalue weighted by molar-refractivity contribution is 7.14. The molecule has 0 unspecified atom stereocenters. The number of nitrogens with one attached hydrogen (secondary N) is 2. The molecule has 1 amide bonds. The number of aromatic nitrogens is 5. The van der Waals surface area contributed by atoms with Gasteiger partial charge in [-0.3, -0.25) is 4.79 Å². The van der Waals surface area contributed by atoms with Crippen LogP contribution in [0.3, 0.4) is 0 Å². The predicted octanol–water partition coefficient (Wildman–Crippen LogP) is 2.63. The molecule has 2 heterocycles. The van der Waals surface area contributed by atoms with E-state index < -0.39 is 5.69 Å². The quantitative estimate of drug-likeness (QED) is 0.734. The molecule has 0 aliphatic heterocycles. The zero-order valence-electron chi connectivity index (χ0n) is 14.2. The van der Waals surface area contributed by atoms with Crippen molar-refractivity contribution in [1.82, 2.24) is 25.2 Å². The number of carbonyl (C=O) groups excluding carboxylic acids is 1. The molecule has 1 aliphatic rings. The predicted molar refractivity (Wildman–Crippen MR) is 98.0 cm³/mol. The van der Waals surface area contributed by atoms with Gasteiger partial charge in [-0.15, -0.1) is 11.3 Å². The number of aromatic amines is 1. The van der Waals surface area contributed by atoms with Crippen molar-refractivity contribution < 1.29 is 4.79 Å². The Morgan fingerprint density at radius 1 is 1.27 bits per heavy atom. The highest BCUT2D eigenvalue weighted by Crippen LogP contribution is 2.37. The average Bonchev–Trinajstić information content (AvgIpc) is 3.36. The Bertz CT molecular complexity index is 981. The smallest absolute Gasteiger partial charge is 0.321 e. The molecule has 1 aromatic carbocycles. The lowest BCUT2D eigenvalue weighted by Gasteiger charge is -2.05. The second-order valence-electron chi connectivity index (χ2n) is 6.37. The Kier molecular flexibility index (Phi) is 4.37. The van der Waals surface area contributed by atoms with E-state index in [1.165, 1.54) is 24.2 Å². The molecule has 2 aromatic heterocycles. The molecule has 2 N–H and O–H groups in total. The van der Waals surface area contributed by atoms with Gasteiger partial charge in [-0.1, -0.05) is 12.8 Å². The normalized spacial score (nSPS) is 14.7. The van der Waals surface area contributed by atoms with E-state index in [0.29, 0.717) is 22.2 Å². The fourth-order valence-electron chi connectivity index (χ4n) is 3.22. The number of rotatable bonds is 4. The fraction of sp³-hybridized carbons (Fsp3) is 0.353. The van der Waals surface area contributed by atoms with Crippen LogP contribution in [0.2, 0.25) is 0 Å². The van der Waals surface area contributed by atoms with Gasteiger partial charge < -0.3 is 5.32 Å². The number of nitrogens with zero attached hydrogens (tertiary/aromatic N) is 4. The van der Waals surface area contributed by atoms with Gasteiger partial charge in [0.05, 0.1) is 16.4 Å². The number of anilines is 1. The van der Waals surface area contributed by atoms with Crippen molar-refractivity contribution in [1.29, 1.82) is 0 Å². The number of aryl methyl sites for hydroxylation is 1. The molecule has 134 valence electrons. The van der Waals surface area contributed by atoms with Crippen LogP contribution in [0.25, 0.3) is 5.69 Å². The number of carbonyl (C=O) groups is 1. The SMILES string of the molecule is Cc1nc(C2CCCC2)sc1C(=O)Nc1ccc(-n2nn[nH]c2=O)cc1. The molecular formula is C17H18N6O2S. The number of hydrogen-bond donors (Lipinski definition) is 2. The molecule has 0 spiro atoms. The zero-order chi connectivity index (χ0) is 18.1. The first-order chi connectivity index (χ1) is 12.6. The Morgan fingerprint density at radius 2 is 2.00 bits per heavy atom. The molecule has 0 atom stereocenters. The van der Waals surface area contributed by atoms with Crippen LogP contribution in [0.5, 0.6) is 0 Å². The van der Waals surface area contributed by atoms with Crippen LogP contribution in [-0.2, 0) is 0 Å². The molecule has 0 radical (unpaired) electrons. The van der Waals surface area contributed by atoms with Crippen LogP contribution < -0.4 is 11.0 Å². The van der Waals surface area contributed by atoms with Crippen LogP contribution in [0.4, 0.5) is 5.69 Å². The number of thiazole rings is 1. The monoisotopic (exact) mass is 370 g/mol. The molecule has 1 saturated carbocycles. The number of amides is 1. The van der Waals surface area contributed by atoms with Gasteiger partial charge in [0, 0.05) is 11.6 Å². The third-order valence-corrected chi connectivity index (χ3v) is 5.88. The lowest BCUT2D eigenvalue weighted by atomic mass is 10.1. The largest absolute Gasteiger partial charge is 0.365 e. The van der Waals surface area contributed by atoms with Crippen molar-refractivity contribution in [3.05, 3.63) is 50.3 Å². The Labute approximate surface area is 153 Å². The summed E-state index contributed by atoms with van der Waals surface area (Å²) in [5.41, 5.74) is 1.58. The summed E-state index contributed by atoms with van der Waals surface area (Å²) >= 11 is 1.50. The van der Waals surface area contributed by atoms with Crippen LogP contribution >= 0.6 is 11.3 Å². The molecular weight excluding hydrogens is 352 g/mol. The van der Waals surface area contributed by atoms with E-state index in [1.54, 1.807) is 24.3 Å². The lowest BCUT2D eigenvalue weighted by Crippen LogP contribution is -2.16. The summed E-state index contributed by atoms with van der Waals surface area (Å²) in [6, 6.07) is 6.84. The summed E-state index contributed by atoms with van der Waals surface area (Å²) in [7, 11) is 0. The van der Waals surface area contributed by atoms with E-state index in [2.05, 4.69) is 25.8 Å². The maximum atomic E-state index is 12.6. The van der Waals surface area contributed by atoms with Crippen LogP contribution in [0, 0.1) is 6.92 Å². The van der Waals surface area contributed by atoms with E-state index in [9.17, 15) is 9.59 Å². The summed E-state index contributed by atoms with van der Waals surface area (Å²) in [5, 5.41) is 13.3. The van der Waals surface area contributed by atoms with Gasteiger partial charge in [0.1, 0.15) is 4.88 Å². The first-order valence-electron chi connectivity index (χ1n) is 8.51. The van der Waals surface area contributed by atoms with Crippen molar-refractivity contribution in [2.45, 2.75) is 38.5 Å². The number of hydrogen-bond acceptors (Lipinski definition) is 6. The summed E-state index contributed by atoms with van der Waals surface area (Å²) in [6.45, 7) is 1.88. The van der Waals surface area contributed by atoms with Crippen molar-refractivity contribution in [2.24, 2.45) is 0 Å². The second kappa shape index (κ2) is 6.83. The minimum absolute atomic E-state index is 0.157. The molecule has 0 bridgehead atoms.